The maximum Gasteiger partial charge on any atom is 0.325 e. The average Bonchev–Trinajstić information content (AvgIpc) is 2.50. The van der Waals surface area contributed by atoms with Crippen molar-refractivity contribution in [3.05, 3.63) is 0 Å². The van der Waals surface area contributed by atoms with Gasteiger partial charge in [-0.05, 0) is 19.8 Å². The first-order valence-corrected chi connectivity index (χ1v) is 8.14. The van der Waals surface area contributed by atoms with Crippen LogP contribution in [0.15, 0.2) is 0 Å². The highest BCUT2D eigenvalue weighted by Gasteiger charge is 2.27. The molecule has 0 fully saturated rings. The summed E-state index contributed by atoms with van der Waals surface area (Å²) in [5, 5.41) is 15.9. The molecule has 0 spiro atoms. The number of nitrogens with one attached hydrogen (secondary N) is 3. The molecule has 138 valence electrons. The van der Waals surface area contributed by atoms with Gasteiger partial charge in [0.2, 0.25) is 17.7 Å². The van der Waals surface area contributed by atoms with E-state index < -0.39 is 47.9 Å². The molecule has 0 aliphatic rings. The van der Waals surface area contributed by atoms with Gasteiger partial charge in [0.25, 0.3) is 0 Å². The Kier molecular flexibility index (Phi) is 9.37. The van der Waals surface area contributed by atoms with Crippen molar-refractivity contribution in [2.75, 3.05) is 5.75 Å². The normalized spacial score (nSPS) is 15.8. The fourth-order valence-electron chi connectivity index (χ4n) is 1.54. The summed E-state index contributed by atoms with van der Waals surface area (Å²) < 4.78 is 0. The SMILES string of the molecule is CC(NC(=O)C(C)NC(=O)C(CS)NC(=O)C(N)C(C)C)C(=O)O. The third-order valence-electron chi connectivity index (χ3n) is 3.32. The van der Waals surface area contributed by atoms with E-state index in [0.29, 0.717) is 0 Å². The number of thiol groups is 1. The number of carboxylic acids is 1. The van der Waals surface area contributed by atoms with E-state index in [2.05, 4.69) is 28.6 Å². The summed E-state index contributed by atoms with van der Waals surface area (Å²) in [4.78, 5) is 46.5. The van der Waals surface area contributed by atoms with Crippen LogP contribution in [0.4, 0.5) is 0 Å². The summed E-state index contributed by atoms with van der Waals surface area (Å²) in [6.45, 7) is 6.25. The molecule has 0 aromatic carbocycles. The molecule has 4 atom stereocenters. The molecule has 4 unspecified atom stereocenters. The number of hydrogen-bond acceptors (Lipinski definition) is 6. The zero-order valence-corrected chi connectivity index (χ0v) is 15.1. The van der Waals surface area contributed by atoms with Gasteiger partial charge in [0.1, 0.15) is 18.1 Å². The lowest BCUT2D eigenvalue weighted by Gasteiger charge is -2.22. The standard InChI is InChI=1S/C14H26N4O5S/c1-6(2)10(15)13(21)18-9(5-24)12(20)16-7(3)11(19)17-8(4)14(22)23/h6-10,24H,5,15H2,1-4H3,(H,16,20)(H,17,19)(H,18,21)(H,22,23). The highest BCUT2D eigenvalue weighted by molar-refractivity contribution is 7.80. The molecule has 0 bridgehead atoms. The van der Waals surface area contributed by atoms with E-state index in [1.54, 1.807) is 13.8 Å². The molecule has 0 heterocycles. The summed E-state index contributed by atoms with van der Waals surface area (Å²) in [5.41, 5.74) is 5.71. The zero-order valence-electron chi connectivity index (χ0n) is 14.2. The molecule has 0 aromatic heterocycles. The Bertz CT molecular complexity index is 486. The molecule has 0 aliphatic carbocycles. The van der Waals surface area contributed by atoms with Gasteiger partial charge in [0.05, 0.1) is 6.04 Å². The van der Waals surface area contributed by atoms with E-state index in [0.717, 1.165) is 0 Å². The first-order chi connectivity index (χ1) is 11.0. The van der Waals surface area contributed by atoms with Gasteiger partial charge >= 0.3 is 5.97 Å². The second-order valence-corrected chi connectivity index (χ2v) is 6.18. The van der Waals surface area contributed by atoms with E-state index in [9.17, 15) is 19.2 Å². The molecule has 0 radical (unpaired) electrons. The molecule has 24 heavy (non-hydrogen) atoms. The lowest BCUT2D eigenvalue weighted by molar-refractivity contribution is -0.141. The van der Waals surface area contributed by atoms with E-state index >= 15 is 0 Å². The number of amides is 3. The van der Waals surface area contributed by atoms with E-state index in [1.165, 1.54) is 13.8 Å². The number of carbonyl (C=O) groups excluding carboxylic acids is 3. The van der Waals surface area contributed by atoms with Crippen molar-refractivity contribution in [1.29, 1.82) is 0 Å². The van der Waals surface area contributed by atoms with Crippen LogP contribution in [-0.2, 0) is 19.2 Å². The number of carboxylic acid groups (broad SMARTS) is 1. The van der Waals surface area contributed by atoms with E-state index in [4.69, 9.17) is 10.8 Å². The molecule has 0 aliphatic heterocycles. The van der Waals surface area contributed by atoms with Crippen molar-refractivity contribution in [3.8, 4) is 0 Å². The maximum absolute atomic E-state index is 12.1. The lowest BCUT2D eigenvalue weighted by atomic mass is 10.0. The van der Waals surface area contributed by atoms with Crippen molar-refractivity contribution in [2.45, 2.75) is 51.9 Å². The second kappa shape index (κ2) is 10.1. The summed E-state index contributed by atoms with van der Waals surface area (Å²) in [5.74, 6) is -3.03. The van der Waals surface area contributed by atoms with Crippen molar-refractivity contribution < 1.29 is 24.3 Å². The van der Waals surface area contributed by atoms with Crippen LogP contribution in [0.3, 0.4) is 0 Å². The minimum absolute atomic E-state index is 0.0161. The van der Waals surface area contributed by atoms with Gasteiger partial charge in [-0.3, -0.25) is 19.2 Å². The van der Waals surface area contributed by atoms with Crippen molar-refractivity contribution in [1.82, 2.24) is 16.0 Å². The molecule has 0 saturated carbocycles. The fourth-order valence-corrected chi connectivity index (χ4v) is 1.80. The molecule has 0 rings (SSSR count). The van der Waals surface area contributed by atoms with Crippen LogP contribution in [0.5, 0.6) is 0 Å². The third kappa shape index (κ3) is 7.18. The Labute approximate surface area is 146 Å². The number of rotatable bonds is 9. The molecule has 6 N–H and O–H groups in total. The predicted molar refractivity (Wildman–Crippen MR) is 91.4 cm³/mol. The molecule has 9 nitrogen and oxygen atoms in total. The van der Waals surface area contributed by atoms with Gasteiger partial charge in [-0.1, -0.05) is 13.8 Å². The van der Waals surface area contributed by atoms with Crippen LogP contribution >= 0.6 is 12.6 Å². The quantitative estimate of drug-likeness (QED) is 0.274. The van der Waals surface area contributed by atoms with Crippen molar-refractivity contribution >= 4 is 36.3 Å². The van der Waals surface area contributed by atoms with Gasteiger partial charge in [-0.2, -0.15) is 12.6 Å². The Balaban J connectivity index is 4.67. The van der Waals surface area contributed by atoms with Gasteiger partial charge in [0, 0.05) is 5.75 Å². The van der Waals surface area contributed by atoms with Crippen LogP contribution in [0.25, 0.3) is 0 Å². The minimum atomic E-state index is -1.19. The van der Waals surface area contributed by atoms with Crippen molar-refractivity contribution in [2.24, 2.45) is 11.7 Å². The van der Waals surface area contributed by atoms with Crippen LogP contribution < -0.4 is 21.7 Å². The summed E-state index contributed by atoms with van der Waals surface area (Å²) in [7, 11) is 0. The Morgan fingerprint density at radius 1 is 0.917 bits per heavy atom. The Morgan fingerprint density at radius 2 is 1.42 bits per heavy atom. The first-order valence-electron chi connectivity index (χ1n) is 7.51. The molecular formula is C14H26N4O5S. The highest BCUT2D eigenvalue weighted by Crippen LogP contribution is 2.00. The summed E-state index contributed by atoms with van der Waals surface area (Å²) in [6.07, 6.45) is 0. The number of nitrogens with two attached hydrogens (primary N) is 1. The molecule has 10 heteroatoms. The summed E-state index contributed by atoms with van der Waals surface area (Å²) >= 11 is 4.01. The molecular weight excluding hydrogens is 336 g/mol. The number of aliphatic carboxylic acids is 1. The van der Waals surface area contributed by atoms with Crippen LogP contribution in [0, 0.1) is 5.92 Å². The van der Waals surface area contributed by atoms with Crippen LogP contribution in [-0.4, -0.2) is 58.7 Å². The minimum Gasteiger partial charge on any atom is -0.480 e. The van der Waals surface area contributed by atoms with E-state index in [-0.39, 0.29) is 11.7 Å². The topological polar surface area (TPSA) is 151 Å². The molecule has 0 saturated heterocycles. The van der Waals surface area contributed by atoms with Crippen LogP contribution in [0.2, 0.25) is 0 Å². The van der Waals surface area contributed by atoms with Gasteiger partial charge in [0.15, 0.2) is 0 Å². The average molecular weight is 362 g/mol. The number of hydrogen-bond donors (Lipinski definition) is 6. The number of carbonyl (C=O) groups is 4. The van der Waals surface area contributed by atoms with E-state index in [1.807, 2.05) is 0 Å². The summed E-state index contributed by atoms with van der Waals surface area (Å²) in [6, 6.07) is -3.78. The first kappa shape index (κ1) is 22.2. The molecule has 3 amide bonds. The second-order valence-electron chi connectivity index (χ2n) is 5.81. The highest BCUT2D eigenvalue weighted by atomic mass is 32.1. The predicted octanol–water partition coefficient (Wildman–Crippen LogP) is -1.52. The zero-order chi connectivity index (χ0) is 19.0. The Hall–Kier alpha value is -1.81. The monoisotopic (exact) mass is 362 g/mol. The van der Waals surface area contributed by atoms with Gasteiger partial charge < -0.3 is 26.8 Å². The maximum atomic E-state index is 12.1. The van der Waals surface area contributed by atoms with Gasteiger partial charge in [-0.25, -0.2) is 0 Å². The fraction of sp³-hybridized carbons (Fsp3) is 0.714. The molecule has 0 aromatic rings. The van der Waals surface area contributed by atoms with Crippen LogP contribution in [0.1, 0.15) is 27.7 Å². The Morgan fingerprint density at radius 3 is 1.83 bits per heavy atom. The lowest BCUT2D eigenvalue weighted by Crippen LogP contribution is -2.57. The third-order valence-corrected chi connectivity index (χ3v) is 3.68. The smallest absolute Gasteiger partial charge is 0.325 e. The van der Waals surface area contributed by atoms with Crippen molar-refractivity contribution in [3.63, 3.8) is 0 Å². The largest absolute Gasteiger partial charge is 0.480 e. The van der Waals surface area contributed by atoms with Gasteiger partial charge in [-0.15, -0.1) is 0 Å².